The fourth-order valence-electron chi connectivity index (χ4n) is 4.22. The summed E-state index contributed by atoms with van der Waals surface area (Å²) in [5.41, 5.74) is 2.88. The van der Waals surface area contributed by atoms with Crippen molar-refractivity contribution in [3.05, 3.63) is 35.4 Å². The lowest BCUT2D eigenvalue weighted by molar-refractivity contribution is 0.0442. The molecule has 0 spiro atoms. The zero-order valence-electron chi connectivity index (χ0n) is 15.6. The zero-order valence-corrected chi connectivity index (χ0v) is 16.4. The first kappa shape index (κ1) is 18.2. The summed E-state index contributed by atoms with van der Waals surface area (Å²) in [6, 6.07) is 10.8. The van der Waals surface area contributed by atoms with E-state index < -0.39 is 0 Å². The summed E-state index contributed by atoms with van der Waals surface area (Å²) >= 11 is 1.99. The Labute approximate surface area is 152 Å². The van der Waals surface area contributed by atoms with E-state index in [1.165, 1.54) is 55.8 Å². The lowest BCUT2D eigenvalue weighted by atomic mass is 10.0. The SMILES string of the molecule is CSCC[C@@H]1CN2CCC[C@H]2CN1Cc1ccc(CN(C)C)cc1. The Hall–Kier alpha value is -0.550. The molecular weight excluding hydrogens is 314 g/mol. The summed E-state index contributed by atoms with van der Waals surface area (Å²) in [5, 5.41) is 0. The Bertz CT molecular complexity index is 502. The van der Waals surface area contributed by atoms with Crippen LogP contribution in [-0.4, -0.2) is 72.5 Å². The van der Waals surface area contributed by atoms with Gasteiger partial charge in [-0.3, -0.25) is 9.80 Å². The molecule has 2 aliphatic heterocycles. The van der Waals surface area contributed by atoms with E-state index in [-0.39, 0.29) is 0 Å². The Morgan fingerprint density at radius 1 is 1.12 bits per heavy atom. The fraction of sp³-hybridized carbons (Fsp3) is 0.700. The van der Waals surface area contributed by atoms with E-state index in [4.69, 9.17) is 0 Å². The first-order valence-electron chi connectivity index (χ1n) is 9.35. The monoisotopic (exact) mass is 347 g/mol. The second-order valence-electron chi connectivity index (χ2n) is 7.71. The molecule has 2 saturated heterocycles. The van der Waals surface area contributed by atoms with Crippen molar-refractivity contribution in [3.8, 4) is 0 Å². The highest BCUT2D eigenvalue weighted by Gasteiger charge is 2.35. The molecule has 2 fully saturated rings. The maximum absolute atomic E-state index is 2.77. The third-order valence-corrected chi connectivity index (χ3v) is 6.11. The van der Waals surface area contributed by atoms with Crippen LogP contribution in [0.5, 0.6) is 0 Å². The van der Waals surface area contributed by atoms with Gasteiger partial charge in [0, 0.05) is 38.3 Å². The topological polar surface area (TPSA) is 9.72 Å². The van der Waals surface area contributed by atoms with Gasteiger partial charge in [0.25, 0.3) is 0 Å². The van der Waals surface area contributed by atoms with E-state index in [9.17, 15) is 0 Å². The van der Waals surface area contributed by atoms with Gasteiger partial charge in [0.05, 0.1) is 0 Å². The average molecular weight is 348 g/mol. The second kappa shape index (κ2) is 8.70. The van der Waals surface area contributed by atoms with Gasteiger partial charge >= 0.3 is 0 Å². The molecule has 0 bridgehead atoms. The van der Waals surface area contributed by atoms with E-state index in [1.54, 1.807) is 0 Å². The first-order valence-corrected chi connectivity index (χ1v) is 10.7. The van der Waals surface area contributed by atoms with Crippen molar-refractivity contribution in [3.63, 3.8) is 0 Å². The summed E-state index contributed by atoms with van der Waals surface area (Å²) in [6.07, 6.45) is 6.35. The van der Waals surface area contributed by atoms with E-state index in [1.807, 2.05) is 11.8 Å². The molecule has 3 nitrogen and oxygen atoms in total. The normalized spacial score (nSPS) is 25.3. The predicted molar refractivity (Wildman–Crippen MR) is 106 cm³/mol. The Morgan fingerprint density at radius 2 is 1.88 bits per heavy atom. The maximum atomic E-state index is 2.77. The average Bonchev–Trinajstić information content (AvgIpc) is 3.01. The molecule has 134 valence electrons. The molecule has 3 rings (SSSR count). The Balaban J connectivity index is 1.63. The summed E-state index contributed by atoms with van der Waals surface area (Å²) < 4.78 is 0. The number of fused-ring (bicyclic) bond motifs is 1. The highest BCUT2D eigenvalue weighted by molar-refractivity contribution is 7.98. The van der Waals surface area contributed by atoms with Crippen LogP contribution < -0.4 is 0 Å². The minimum Gasteiger partial charge on any atom is -0.305 e. The molecule has 0 unspecified atom stereocenters. The number of hydrogen-bond donors (Lipinski definition) is 0. The molecule has 0 amide bonds. The summed E-state index contributed by atoms with van der Waals surface area (Å²) in [5.74, 6) is 1.28. The van der Waals surface area contributed by atoms with Crippen LogP contribution in [0, 0.1) is 0 Å². The lowest BCUT2D eigenvalue weighted by Crippen LogP contribution is -2.55. The molecule has 2 atom stereocenters. The van der Waals surface area contributed by atoms with E-state index in [0.29, 0.717) is 0 Å². The van der Waals surface area contributed by atoms with Gasteiger partial charge in [-0.25, -0.2) is 0 Å². The fourth-order valence-corrected chi connectivity index (χ4v) is 4.73. The predicted octanol–water partition coefficient (Wildman–Crippen LogP) is 3.15. The van der Waals surface area contributed by atoms with Gasteiger partial charge in [-0.15, -0.1) is 0 Å². The van der Waals surface area contributed by atoms with Crippen LogP contribution in [0.25, 0.3) is 0 Å². The number of nitrogens with zero attached hydrogens (tertiary/aromatic N) is 3. The van der Waals surface area contributed by atoms with E-state index >= 15 is 0 Å². The largest absolute Gasteiger partial charge is 0.305 e. The van der Waals surface area contributed by atoms with Crippen molar-refractivity contribution < 1.29 is 0 Å². The van der Waals surface area contributed by atoms with Gasteiger partial charge in [0.15, 0.2) is 0 Å². The van der Waals surface area contributed by atoms with Crippen LogP contribution in [0.3, 0.4) is 0 Å². The number of rotatable bonds is 7. The molecule has 1 aromatic rings. The van der Waals surface area contributed by atoms with Crippen LogP contribution in [0.2, 0.25) is 0 Å². The Kier molecular flexibility index (Phi) is 6.62. The molecule has 0 aromatic heterocycles. The van der Waals surface area contributed by atoms with Crippen molar-refractivity contribution in [2.24, 2.45) is 0 Å². The second-order valence-corrected chi connectivity index (χ2v) is 8.70. The maximum Gasteiger partial charge on any atom is 0.0237 e. The van der Waals surface area contributed by atoms with Crippen LogP contribution in [0.1, 0.15) is 30.4 Å². The molecule has 4 heteroatoms. The molecule has 0 N–H and O–H groups in total. The van der Waals surface area contributed by atoms with Crippen molar-refractivity contribution in [2.75, 3.05) is 45.7 Å². The number of benzene rings is 1. The molecular formula is C20H33N3S. The number of hydrogen-bond acceptors (Lipinski definition) is 4. The van der Waals surface area contributed by atoms with Crippen LogP contribution in [0.4, 0.5) is 0 Å². The molecule has 0 aliphatic carbocycles. The molecule has 2 heterocycles. The molecule has 2 aliphatic rings. The van der Waals surface area contributed by atoms with Crippen LogP contribution in [-0.2, 0) is 13.1 Å². The van der Waals surface area contributed by atoms with Crippen molar-refractivity contribution in [1.29, 1.82) is 0 Å². The lowest BCUT2D eigenvalue weighted by Gasteiger charge is -2.44. The molecule has 1 aromatic carbocycles. The molecule has 0 saturated carbocycles. The van der Waals surface area contributed by atoms with Crippen LogP contribution in [0.15, 0.2) is 24.3 Å². The van der Waals surface area contributed by atoms with Crippen molar-refractivity contribution in [2.45, 2.75) is 44.4 Å². The summed E-state index contributed by atoms with van der Waals surface area (Å²) in [7, 11) is 4.26. The Morgan fingerprint density at radius 3 is 2.58 bits per heavy atom. The van der Waals surface area contributed by atoms with Gasteiger partial charge < -0.3 is 4.90 Å². The third kappa shape index (κ3) is 4.75. The first-order chi connectivity index (χ1) is 11.7. The highest BCUT2D eigenvalue weighted by atomic mass is 32.2. The van der Waals surface area contributed by atoms with Gasteiger partial charge in [-0.05, 0) is 63.0 Å². The minimum absolute atomic E-state index is 0.730. The number of thioether (sulfide) groups is 1. The third-order valence-electron chi connectivity index (χ3n) is 5.47. The minimum atomic E-state index is 0.730. The highest BCUT2D eigenvalue weighted by Crippen LogP contribution is 2.27. The van der Waals surface area contributed by atoms with Crippen molar-refractivity contribution >= 4 is 11.8 Å². The smallest absolute Gasteiger partial charge is 0.0237 e. The molecule has 0 radical (unpaired) electrons. The summed E-state index contributed by atoms with van der Waals surface area (Å²) in [4.78, 5) is 7.75. The summed E-state index contributed by atoms with van der Waals surface area (Å²) in [6.45, 7) is 6.01. The van der Waals surface area contributed by atoms with Crippen LogP contribution >= 0.6 is 11.8 Å². The van der Waals surface area contributed by atoms with Crippen molar-refractivity contribution in [1.82, 2.24) is 14.7 Å². The quantitative estimate of drug-likeness (QED) is 0.749. The van der Waals surface area contributed by atoms with Gasteiger partial charge in [-0.1, -0.05) is 24.3 Å². The van der Waals surface area contributed by atoms with E-state index in [0.717, 1.165) is 25.2 Å². The van der Waals surface area contributed by atoms with Gasteiger partial charge in [0.2, 0.25) is 0 Å². The van der Waals surface area contributed by atoms with Gasteiger partial charge in [0.1, 0.15) is 0 Å². The van der Waals surface area contributed by atoms with Gasteiger partial charge in [-0.2, -0.15) is 11.8 Å². The molecule has 24 heavy (non-hydrogen) atoms. The van der Waals surface area contributed by atoms with E-state index in [2.05, 4.69) is 59.3 Å². The number of piperazine rings is 1. The zero-order chi connectivity index (χ0) is 16.9. The standard InChI is InChI=1S/C20H33N3S/c1-21(2)13-17-6-8-18(9-7-17)14-23-16-19-5-4-11-22(19)15-20(23)10-12-24-3/h6-9,19-20H,4-5,10-16H2,1-3H3/t19-,20+/m0/s1.